The summed E-state index contributed by atoms with van der Waals surface area (Å²) in [5.74, 6) is 0.996. The highest BCUT2D eigenvalue weighted by Crippen LogP contribution is 2.32. The van der Waals surface area contributed by atoms with Crippen LogP contribution in [0.1, 0.15) is 47.8 Å². The Kier molecular flexibility index (Phi) is 5.58. The number of benzene rings is 2. The van der Waals surface area contributed by atoms with Crippen LogP contribution in [-0.2, 0) is 7.05 Å². The molecular formula is C26H26N4O2. The van der Waals surface area contributed by atoms with E-state index in [1.807, 2.05) is 78.8 Å². The summed E-state index contributed by atoms with van der Waals surface area (Å²) in [6.45, 7) is 0.778. The average Bonchev–Trinajstić information content (AvgIpc) is 3.43. The smallest absolute Gasteiger partial charge is 0.254 e. The van der Waals surface area contributed by atoms with Gasteiger partial charge in [0.15, 0.2) is 0 Å². The van der Waals surface area contributed by atoms with Gasteiger partial charge in [-0.3, -0.25) is 4.79 Å². The molecule has 6 nitrogen and oxygen atoms in total. The lowest BCUT2D eigenvalue weighted by molar-refractivity contribution is 0.0674. The molecule has 1 atom stereocenters. The molecule has 1 fully saturated rings. The highest BCUT2D eigenvalue weighted by atomic mass is 16.4. The quantitative estimate of drug-likeness (QED) is 0.432. The largest absolute Gasteiger partial charge is 0.416 e. The van der Waals surface area contributed by atoms with Crippen molar-refractivity contribution in [2.45, 2.75) is 31.7 Å². The maximum absolute atomic E-state index is 13.5. The fourth-order valence-corrected chi connectivity index (χ4v) is 4.44. The van der Waals surface area contributed by atoms with E-state index < -0.39 is 0 Å². The number of amides is 1. The van der Waals surface area contributed by atoms with Gasteiger partial charge in [0.25, 0.3) is 5.91 Å². The summed E-state index contributed by atoms with van der Waals surface area (Å²) in [5.41, 5.74) is 3.55. The number of rotatable bonds is 4. The van der Waals surface area contributed by atoms with Crippen LogP contribution in [0.5, 0.6) is 0 Å². The summed E-state index contributed by atoms with van der Waals surface area (Å²) in [7, 11) is 2.05. The number of aryl methyl sites for hydroxylation is 1. The zero-order valence-corrected chi connectivity index (χ0v) is 18.1. The maximum atomic E-state index is 13.5. The molecule has 1 aliphatic rings. The second-order valence-corrected chi connectivity index (χ2v) is 8.26. The van der Waals surface area contributed by atoms with E-state index in [-0.39, 0.29) is 11.9 Å². The first-order chi connectivity index (χ1) is 15.7. The van der Waals surface area contributed by atoms with Crippen LogP contribution in [-0.4, -0.2) is 32.1 Å². The van der Waals surface area contributed by atoms with Gasteiger partial charge in [0.1, 0.15) is 0 Å². The van der Waals surface area contributed by atoms with Gasteiger partial charge in [0.05, 0.1) is 6.04 Å². The van der Waals surface area contributed by atoms with Crippen molar-refractivity contribution >= 4 is 5.91 Å². The van der Waals surface area contributed by atoms with Crippen LogP contribution in [0.2, 0.25) is 0 Å². The molecule has 0 saturated carbocycles. The van der Waals surface area contributed by atoms with Crippen molar-refractivity contribution in [1.29, 1.82) is 0 Å². The number of hydrogen-bond donors (Lipinski definition) is 0. The lowest BCUT2D eigenvalue weighted by Crippen LogP contribution is -2.35. The van der Waals surface area contributed by atoms with Gasteiger partial charge in [0, 0.05) is 42.2 Å². The number of nitrogens with zero attached hydrogens (tertiary/aromatic N) is 4. The molecule has 1 unspecified atom stereocenters. The van der Waals surface area contributed by atoms with Crippen LogP contribution in [0.4, 0.5) is 0 Å². The Morgan fingerprint density at radius 2 is 1.59 bits per heavy atom. The first kappa shape index (κ1) is 20.2. The van der Waals surface area contributed by atoms with E-state index in [0.717, 1.165) is 43.4 Å². The molecule has 4 aromatic rings. The molecule has 6 heteroatoms. The number of likely N-dealkylation sites (tertiary alicyclic amines) is 1. The molecular weight excluding hydrogens is 400 g/mol. The van der Waals surface area contributed by atoms with E-state index >= 15 is 0 Å². The normalized spacial score (nSPS) is 16.7. The van der Waals surface area contributed by atoms with Crippen molar-refractivity contribution in [3.63, 3.8) is 0 Å². The van der Waals surface area contributed by atoms with Gasteiger partial charge in [-0.15, -0.1) is 10.2 Å². The van der Waals surface area contributed by atoms with E-state index in [9.17, 15) is 4.79 Å². The van der Waals surface area contributed by atoms with Crippen LogP contribution >= 0.6 is 0 Å². The topological polar surface area (TPSA) is 64.2 Å². The van der Waals surface area contributed by atoms with Crippen LogP contribution in [0.25, 0.3) is 22.9 Å². The van der Waals surface area contributed by atoms with Crippen molar-refractivity contribution in [1.82, 2.24) is 19.7 Å². The Balaban J connectivity index is 1.38. The number of carbonyl (C=O) groups is 1. The number of aromatic nitrogens is 3. The highest BCUT2D eigenvalue weighted by molar-refractivity contribution is 5.95. The molecule has 1 aliphatic heterocycles. The third kappa shape index (κ3) is 3.96. The molecule has 0 bridgehead atoms. The molecule has 0 aliphatic carbocycles. The van der Waals surface area contributed by atoms with Gasteiger partial charge >= 0.3 is 0 Å². The van der Waals surface area contributed by atoms with E-state index in [1.54, 1.807) is 0 Å². The summed E-state index contributed by atoms with van der Waals surface area (Å²) in [5, 5.41) is 8.34. The van der Waals surface area contributed by atoms with Crippen molar-refractivity contribution < 1.29 is 9.21 Å². The standard InChI is InChI=1S/C26H26N4O2/c1-29-17-8-12-22(29)23-11-6-3-7-18-30(23)26(31)21-15-13-20(14-16-21)25-28-27-24(32-25)19-9-4-2-5-10-19/h2,4-5,8-10,12-17,23H,3,6-7,11,18H2,1H3. The van der Waals surface area contributed by atoms with Gasteiger partial charge in [-0.25, -0.2) is 0 Å². The minimum atomic E-state index is 0.0696. The highest BCUT2D eigenvalue weighted by Gasteiger charge is 2.29. The van der Waals surface area contributed by atoms with Crippen LogP contribution in [0.3, 0.4) is 0 Å². The van der Waals surface area contributed by atoms with Crippen molar-refractivity contribution in [3.8, 4) is 22.9 Å². The Hall–Kier alpha value is -3.67. The minimum absolute atomic E-state index is 0.0696. The molecule has 1 saturated heterocycles. The van der Waals surface area contributed by atoms with E-state index in [1.165, 1.54) is 5.69 Å². The summed E-state index contributed by atoms with van der Waals surface area (Å²) >= 11 is 0. The van der Waals surface area contributed by atoms with Crippen molar-refractivity contribution in [2.75, 3.05) is 6.54 Å². The zero-order chi connectivity index (χ0) is 21.9. The molecule has 5 rings (SSSR count). The van der Waals surface area contributed by atoms with E-state index in [4.69, 9.17) is 4.42 Å². The predicted molar refractivity (Wildman–Crippen MR) is 123 cm³/mol. The number of carbonyl (C=O) groups excluding carboxylic acids is 1. The molecule has 3 heterocycles. The van der Waals surface area contributed by atoms with Gasteiger partial charge in [0.2, 0.25) is 11.8 Å². The average molecular weight is 427 g/mol. The SMILES string of the molecule is Cn1cccc1C1CCCCCN1C(=O)c1ccc(-c2nnc(-c3ccccc3)o2)cc1. The first-order valence-electron chi connectivity index (χ1n) is 11.1. The van der Waals surface area contributed by atoms with Gasteiger partial charge < -0.3 is 13.9 Å². The Bertz CT molecular complexity index is 1190. The summed E-state index contributed by atoms with van der Waals surface area (Å²) in [6, 6.07) is 21.4. The molecule has 0 N–H and O–H groups in total. The zero-order valence-electron chi connectivity index (χ0n) is 18.1. The Morgan fingerprint density at radius 3 is 2.28 bits per heavy atom. The van der Waals surface area contributed by atoms with Gasteiger partial charge in [-0.05, 0) is 61.4 Å². The molecule has 0 radical (unpaired) electrons. The molecule has 1 amide bonds. The monoisotopic (exact) mass is 426 g/mol. The second-order valence-electron chi connectivity index (χ2n) is 8.26. The molecule has 162 valence electrons. The van der Waals surface area contributed by atoms with Crippen LogP contribution in [0.15, 0.2) is 77.3 Å². The maximum Gasteiger partial charge on any atom is 0.254 e. The molecule has 32 heavy (non-hydrogen) atoms. The lowest BCUT2D eigenvalue weighted by atomic mass is 10.0. The number of hydrogen-bond acceptors (Lipinski definition) is 4. The van der Waals surface area contributed by atoms with Gasteiger partial charge in [-0.2, -0.15) is 0 Å². The minimum Gasteiger partial charge on any atom is -0.416 e. The Morgan fingerprint density at radius 1 is 0.875 bits per heavy atom. The Labute approximate surface area is 187 Å². The molecule has 0 spiro atoms. The van der Waals surface area contributed by atoms with Crippen molar-refractivity contribution in [3.05, 3.63) is 84.2 Å². The summed E-state index contributed by atoms with van der Waals surface area (Å²) in [4.78, 5) is 15.5. The van der Waals surface area contributed by atoms with Crippen LogP contribution < -0.4 is 0 Å². The van der Waals surface area contributed by atoms with E-state index in [0.29, 0.717) is 17.3 Å². The predicted octanol–water partition coefficient (Wildman–Crippen LogP) is 5.50. The summed E-state index contributed by atoms with van der Waals surface area (Å²) < 4.78 is 7.97. The summed E-state index contributed by atoms with van der Waals surface area (Å²) in [6.07, 6.45) is 6.37. The van der Waals surface area contributed by atoms with Gasteiger partial charge in [-0.1, -0.05) is 31.0 Å². The van der Waals surface area contributed by atoms with Crippen molar-refractivity contribution in [2.24, 2.45) is 7.05 Å². The fourth-order valence-electron chi connectivity index (χ4n) is 4.44. The lowest BCUT2D eigenvalue weighted by Gasteiger charge is -2.30. The molecule has 2 aromatic heterocycles. The van der Waals surface area contributed by atoms with E-state index in [2.05, 4.69) is 20.8 Å². The third-order valence-corrected chi connectivity index (χ3v) is 6.16. The fraction of sp³-hybridized carbons (Fsp3) is 0.269. The second kappa shape index (κ2) is 8.83. The third-order valence-electron chi connectivity index (χ3n) is 6.16. The first-order valence-corrected chi connectivity index (χ1v) is 11.1. The molecule has 2 aromatic carbocycles. The van der Waals surface area contributed by atoms with Crippen LogP contribution in [0, 0.1) is 0 Å².